The highest BCUT2D eigenvalue weighted by Crippen LogP contribution is 2.47. The number of carbonyl (C=O) groups excluding carboxylic acids is 3. The highest BCUT2D eigenvalue weighted by Gasteiger charge is 2.54. The average Bonchev–Trinajstić information content (AvgIpc) is 3.26. The van der Waals surface area contributed by atoms with Crippen molar-refractivity contribution in [2.75, 3.05) is 37.6 Å². The third kappa shape index (κ3) is 5.82. The molecule has 3 aliphatic heterocycles. The lowest BCUT2D eigenvalue weighted by molar-refractivity contribution is -0.130. The number of fused-ring (bicyclic) bond motifs is 2. The van der Waals surface area contributed by atoms with Gasteiger partial charge in [0, 0.05) is 43.1 Å². The first kappa shape index (κ1) is 31.9. The van der Waals surface area contributed by atoms with Crippen molar-refractivity contribution in [1.82, 2.24) is 15.1 Å². The predicted molar refractivity (Wildman–Crippen MR) is 167 cm³/mol. The van der Waals surface area contributed by atoms with Gasteiger partial charge >= 0.3 is 18.3 Å². The molecular formula is C34H34ClF3N4O4. The molecule has 0 aliphatic carbocycles. The van der Waals surface area contributed by atoms with Gasteiger partial charge in [-0.3, -0.25) is 14.6 Å². The second-order valence-corrected chi connectivity index (χ2v) is 12.7. The number of rotatable bonds is 7. The Morgan fingerprint density at radius 3 is 2.00 bits per heavy atom. The van der Waals surface area contributed by atoms with Crippen molar-refractivity contribution in [2.24, 2.45) is 0 Å². The molecule has 2 saturated heterocycles. The zero-order chi connectivity index (χ0) is 32.9. The van der Waals surface area contributed by atoms with Crippen LogP contribution in [0.3, 0.4) is 0 Å². The summed E-state index contributed by atoms with van der Waals surface area (Å²) in [6.07, 6.45) is -4.41. The fourth-order valence-corrected chi connectivity index (χ4v) is 6.89. The van der Waals surface area contributed by atoms with Gasteiger partial charge in [-0.25, -0.2) is 9.59 Å². The Balaban J connectivity index is 1.14. The van der Waals surface area contributed by atoms with Gasteiger partial charge in [0.1, 0.15) is 12.1 Å². The van der Waals surface area contributed by atoms with Crippen LogP contribution in [0.1, 0.15) is 47.1 Å². The minimum absolute atomic E-state index is 0.149. The molecule has 3 aliphatic rings. The third-order valence-electron chi connectivity index (χ3n) is 9.18. The first-order chi connectivity index (χ1) is 21.8. The minimum atomic E-state index is -4.60. The van der Waals surface area contributed by atoms with Gasteiger partial charge in [0.2, 0.25) is 0 Å². The highest BCUT2D eigenvalue weighted by molar-refractivity contribution is 6.30. The molecular weight excluding hydrogens is 621 g/mol. The van der Waals surface area contributed by atoms with Crippen LogP contribution in [0.15, 0.2) is 66.7 Å². The molecule has 6 rings (SSSR count). The lowest BCUT2D eigenvalue weighted by Crippen LogP contribution is -2.53. The largest absolute Gasteiger partial charge is 0.437 e. The van der Waals surface area contributed by atoms with Gasteiger partial charge in [-0.1, -0.05) is 71.3 Å². The fraction of sp³-hybridized carbons (Fsp3) is 0.382. The third-order valence-corrected chi connectivity index (χ3v) is 9.41. The maximum Gasteiger partial charge on any atom is 0.415 e. The van der Waals surface area contributed by atoms with E-state index in [4.69, 9.17) is 16.3 Å². The molecule has 0 aromatic heterocycles. The quantitative estimate of drug-likeness (QED) is 0.289. The summed E-state index contributed by atoms with van der Waals surface area (Å²) < 4.78 is 45.5. The number of halogens is 4. The molecule has 0 atom stereocenters. The second kappa shape index (κ2) is 11.9. The van der Waals surface area contributed by atoms with E-state index in [9.17, 15) is 27.6 Å². The summed E-state index contributed by atoms with van der Waals surface area (Å²) in [5.74, 6) is -0.339. The molecule has 0 bridgehead atoms. The van der Waals surface area contributed by atoms with Crippen LogP contribution in [0.5, 0.6) is 0 Å². The molecule has 0 saturated carbocycles. The molecule has 3 aromatic rings. The number of piperidine rings is 1. The molecule has 3 heterocycles. The topological polar surface area (TPSA) is 82.2 Å². The van der Waals surface area contributed by atoms with Crippen molar-refractivity contribution < 1.29 is 32.3 Å². The number of anilines is 1. The molecule has 46 heavy (non-hydrogen) atoms. The summed E-state index contributed by atoms with van der Waals surface area (Å²) in [5, 5.41) is 3.33. The van der Waals surface area contributed by atoms with Crippen molar-refractivity contribution in [1.29, 1.82) is 0 Å². The number of aryl methyl sites for hydroxylation is 2. The molecule has 1 spiro atoms. The van der Waals surface area contributed by atoms with Crippen molar-refractivity contribution in [3.63, 3.8) is 0 Å². The van der Waals surface area contributed by atoms with Gasteiger partial charge in [0.05, 0.1) is 5.69 Å². The number of imide groups is 1. The maximum absolute atomic E-state index is 14.1. The normalized spacial score (nSPS) is 19.3. The molecule has 3 aromatic carbocycles. The number of hydrogen-bond acceptors (Lipinski definition) is 5. The van der Waals surface area contributed by atoms with Gasteiger partial charge in [0.25, 0.3) is 5.91 Å². The number of urea groups is 1. The number of amides is 4. The number of hydrogen-bond donors (Lipinski definition) is 1. The highest BCUT2D eigenvalue weighted by atomic mass is 35.5. The van der Waals surface area contributed by atoms with E-state index in [2.05, 4.69) is 10.2 Å². The van der Waals surface area contributed by atoms with Crippen LogP contribution < -0.4 is 10.2 Å². The van der Waals surface area contributed by atoms with Crippen LogP contribution in [0.25, 0.3) is 0 Å². The van der Waals surface area contributed by atoms with Crippen LogP contribution in [0.4, 0.5) is 28.4 Å². The summed E-state index contributed by atoms with van der Waals surface area (Å²) >= 11 is 6.23. The van der Waals surface area contributed by atoms with Crippen molar-refractivity contribution >= 4 is 35.3 Å². The monoisotopic (exact) mass is 654 g/mol. The fourth-order valence-electron chi connectivity index (χ4n) is 6.72. The van der Waals surface area contributed by atoms with Gasteiger partial charge in [-0.15, -0.1) is 0 Å². The summed E-state index contributed by atoms with van der Waals surface area (Å²) in [6.45, 7) is 4.21. The van der Waals surface area contributed by atoms with Crippen LogP contribution in [0, 0.1) is 13.8 Å². The smallest absolute Gasteiger partial charge is 0.415 e. The predicted octanol–water partition coefficient (Wildman–Crippen LogP) is 6.65. The van der Waals surface area contributed by atoms with E-state index in [1.54, 1.807) is 6.07 Å². The van der Waals surface area contributed by atoms with Crippen LogP contribution in [-0.4, -0.2) is 66.7 Å². The Kier molecular flexibility index (Phi) is 8.27. The summed E-state index contributed by atoms with van der Waals surface area (Å²) in [4.78, 5) is 44.2. The Morgan fingerprint density at radius 2 is 1.43 bits per heavy atom. The van der Waals surface area contributed by atoms with Crippen molar-refractivity contribution in [3.05, 3.63) is 99.6 Å². The molecule has 2 fully saturated rings. The zero-order valence-electron chi connectivity index (χ0n) is 25.5. The molecule has 8 nitrogen and oxygen atoms in total. The SMILES string of the molecule is Cc1ccc(C2(c3ccc(C)cc3)NC(=O)N(CCCN3CCC4(CC3)OC(=O)N(CC(F)(F)F)c3ccc(Cl)cc34)C2=O)cc1. The second-order valence-electron chi connectivity index (χ2n) is 12.3. The van der Waals surface area contributed by atoms with Crippen molar-refractivity contribution in [3.8, 4) is 0 Å². The standard InChI is InChI=1S/C34H34ClF3N4O4/c1-22-4-8-24(9-5-22)34(25-10-6-23(2)7-11-25)29(43)41(30(44)39-34)17-3-16-40-18-14-32(15-19-40)27-20-26(35)12-13-28(27)42(31(45)46-32)21-33(36,37)38/h4-13,20H,3,14-19,21H2,1-2H3,(H,39,44). The Labute approximate surface area is 270 Å². The van der Waals surface area contributed by atoms with Gasteiger partial charge < -0.3 is 15.0 Å². The first-order valence-corrected chi connectivity index (χ1v) is 15.6. The minimum Gasteiger partial charge on any atom is -0.437 e. The number of likely N-dealkylation sites (tertiary alicyclic amines) is 1. The van der Waals surface area contributed by atoms with Crippen LogP contribution in [0.2, 0.25) is 5.02 Å². The molecule has 0 unspecified atom stereocenters. The number of nitrogens with zero attached hydrogens (tertiary/aromatic N) is 3. The zero-order valence-corrected chi connectivity index (χ0v) is 26.3. The van der Waals surface area contributed by atoms with E-state index in [0.717, 1.165) is 11.1 Å². The number of benzene rings is 3. The maximum atomic E-state index is 14.1. The number of carbonyl (C=O) groups is 3. The number of ether oxygens (including phenoxy) is 1. The van der Waals surface area contributed by atoms with E-state index in [1.807, 2.05) is 62.4 Å². The molecule has 242 valence electrons. The van der Waals surface area contributed by atoms with E-state index >= 15 is 0 Å². The summed E-state index contributed by atoms with van der Waals surface area (Å²) in [6, 6.07) is 19.2. The lowest BCUT2D eigenvalue weighted by atomic mass is 9.82. The Morgan fingerprint density at radius 1 is 0.848 bits per heavy atom. The lowest BCUT2D eigenvalue weighted by Gasteiger charge is -2.47. The molecule has 12 heteroatoms. The van der Waals surface area contributed by atoms with Crippen LogP contribution >= 0.6 is 11.6 Å². The van der Waals surface area contributed by atoms with E-state index in [1.165, 1.54) is 17.0 Å². The average molecular weight is 655 g/mol. The van der Waals surface area contributed by atoms with Gasteiger partial charge in [-0.2, -0.15) is 13.2 Å². The van der Waals surface area contributed by atoms with E-state index < -0.39 is 36.0 Å². The van der Waals surface area contributed by atoms with Crippen LogP contribution in [-0.2, 0) is 20.7 Å². The van der Waals surface area contributed by atoms with Gasteiger partial charge in [-0.05, 0) is 56.1 Å². The molecule has 1 N–H and O–H groups in total. The van der Waals surface area contributed by atoms with E-state index in [-0.39, 0.29) is 18.1 Å². The number of nitrogens with one attached hydrogen (secondary N) is 1. The Bertz CT molecular complexity index is 1610. The molecule has 4 amide bonds. The number of alkyl halides is 3. The summed E-state index contributed by atoms with van der Waals surface area (Å²) in [7, 11) is 0. The summed E-state index contributed by atoms with van der Waals surface area (Å²) in [5.41, 5.74) is 1.61. The molecule has 0 radical (unpaired) electrons. The Hall–Kier alpha value is -4.09. The van der Waals surface area contributed by atoms with Crippen molar-refractivity contribution in [2.45, 2.75) is 50.4 Å². The first-order valence-electron chi connectivity index (χ1n) is 15.2. The van der Waals surface area contributed by atoms with Gasteiger partial charge in [0.15, 0.2) is 5.54 Å². The van der Waals surface area contributed by atoms with E-state index in [0.29, 0.717) is 65.5 Å².